The van der Waals surface area contributed by atoms with E-state index in [9.17, 15) is 4.79 Å². The van der Waals surface area contributed by atoms with Crippen molar-refractivity contribution in [3.63, 3.8) is 0 Å². The fraction of sp³-hybridized carbons (Fsp3) is 0.750. The van der Waals surface area contributed by atoms with Crippen LogP contribution in [0.5, 0.6) is 0 Å². The van der Waals surface area contributed by atoms with Crippen LogP contribution in [0.15, 0.2) is 12.4 Å². The van der Waals surface area contributed by atoms with Crippen LogP contribution in [0.3, 0.4) is 0 Å². The zero-order valence-electron chi connectivity index (χ0n) is 13.6. The summed E-state index contributed by atoms with van der Waals surface area (Å²) in [6.07, 6.45) is 9.88. The van der Waals surface area contributed by atoms with E-state index < -0.39 is 0 Å². The summed E-state index contributed by atoms with van der Waals surface area (Å²) in [6, 6.07) is 0.524. The second kappa shape index (κ2) is 6.79. The van der Waals surface area contributed by atoms with Gasteiger partial charge >= 0.3 is 0 Å². The molecule has 2 N–H and O–H groups in total. The van der Waals surface area contributed by atoms with E-state index in [-0.39, 0.29) is 5.91 Å². The van der Waals surface area contributed by atoms with Crippen LogP contribution in [0.4, 0.5) is 0 Å². The summed E-state index contributed by atoms with van der Waals surface area (Å²) in [5.74, 6) is 0.685. The smallest absolute Gasteiger partial charge is 0.257 e. The van der Waals surface area contributed by atoms with Crippen molar-refractivity contribution >= 4 is 5.91 Å². The van der Waals surface area contributed by atoms with Crippen LogP contribution in [-0.2, 0) is 7.05 Å². The number of likely N-dealkylation sites (tertiary alicyclic amines) is 1. The Kier molecular flexibility index (Phi) is 4.78. The van der Waals surface area contributed by atoms with Crippen molar-refractivity contribution in [2.24, 2.45) is 13.0 Å². The first kappa shape index (κ1) is 15.5. The molecule has 3 heterocycles. The van der Waals surface area contributed by atoms with E-state index in [1.807, 2.05) is 25.2 Å². The molecule has 0 radical (unpaired) electrons. The molecule has 0 saturated carbocycles. The van der Waals surface area contributed by atoms with Crippen molar-refractivity contribution in [3.05, 3.63) is 18.0 Å². The third-order valence-corrected chi connectivity index (χ3v) is 5.04. The molecule has 2 aliphatic heterocycles. The molecule has 1 aromatic heterocycles. The van der Waals surface area contributed by atoms with Gasteiger partial charge in [0.05, 0.1) is 17.9 Å². The minimum absolute atomic E-state index is 0.124. The van der Waals surface area contributed by atoms with Gasteiger partial charge in [0.2, 0.25) is 0 Å². The van der Waals surface area contributed by atoms with Gasteiger partial charge in [0, 0.05) is 32.4 Å². The van der Waals surface area contributed by atoms with Crippen LogP contribution in [-0.4, -0.2) is 52.9 Å². The number of nitrogens with zero attached hydrogens (tertiary/aromatic N) is 3. The Morgan fingerprint density at radius 2 is 2.23 bits per heavy atom. The largest absolute Gasteiger partial charge is 0.338 e. The summed E-state index contributed by atoms with van der Waals surface area (Å²) >= 11 is 0. The summed E-state index contributed by atoms with van der Waals surface area (Å²) in [5, 5.41) is 11.2. The highest BCUT2D eigenvalue weighted by molar-refractivity contribution is 5.93. The van der Waals surface area contributed by atoms with E-state index in [4.69, 9.17) is 0 Å². The van der Waals surface area contributed by atoms with E-state index in [1.165, 1.54) is 25.7 Å². The molecule has 3 atom stereocenters. The lowest BCUT2D eigenvalue weighted by atomic mass is 9.85. The Morgan fingerprint density at radius 3 is 2.95 bits per heavy atom. The fourth-order valence-electron chi connectivity index (χ4n) is 3.80. The van der Waals surface area contributed by atoms with E-state index >= 15 is 0 Å². The first-order valence-corrected chi connectivity index (χ1v) is 8.38. The Bertz CT molecular complexity index is 514. The molecule has 1 amide bonds. The molecule has 2 fully saturated rings. The second-order valence-corrected chi connectivity index (χ2v) is 6.60. The summed E-state index contributed by atoms with van der Waals surface area (Å²) in [4.78, 5) is 14.6. The second-order valence-electron chi connectivity index (χ2n) is 6.60. The molecule has 0 bridgehead atoms. The Balaban J connectivity index is 1.62. The third kappa shape index (κ3) is 3.33. The lowest BCUT2D eigenvalue weighted by Gasteiger charge is -2.41. The van der Waals surface area contributed by atoms with Gasteiger partial charge in [-0.2, -0.15) is 5.10 Å². The van der Waals surface area contributed by atoms with Gasteiger partial charge in [0.25, 0.3) is 5.91 Å². The molecule has 3 unspecified atom stereocenters. The van der Waals surface area contributed by atoms with Crippen LogP contribution in [0.2, 0.25) is 0 Å². The standard InChI is InChI=1S/C16H27N5O/c1-17-15-7-3-6-14(19-15)12-5-4-8-21(11-12)16(22)13-9-18-20(2)10-13/h9-10,12,14-15,17,19H,3-8,11H2,1-2H3. The first-order valence-electron chi connectivity index (χ1n) is 8.38. The normalized spacial score (nSPS) is 29.5. The Morgan fingerprint density at radius 1 is 1.36 bits per heavy atom. The number of aryl methyl sites for hydroxylation is 1. The van der Waals surface area contributed by atoms with Gasteiger partial charge < -0.3 is 10.2 Å². The van der Waals surface area contributed by atoms with Crippen molar-refractivity contribution in [2.45, 2.75) is 44.3 Å². The van der Waals surface area contributed by atoms with E-state index in [0.717, 1.165) is 19.5 Å². The SMILES string of the molecule is CNC1CCCC(C2CCCN(C(=O)c3cnn(C)c3)C2)N1. The van der Waals surface area contributed by atoms with Gasteiger partial charge in [0.1, 0.15) is 0 Å². The average Bonchev–Trinajstić information content (AvgIpc) is 3.01. The minimum atomic E-state index is 0.124. The van der Waals surface area contributed by atoms with Gasteiger partial charge in [-0.1, -0.05) is 0 Å². The molecular weight excluding hydrogens is 278 g/mol. The van der Waals surface area contributed by atoms with Gasteiger partial charge in [-0.15, -0.1) is 0 Å². The first-order chi connectivity index (χ1) is 10.7. The average molecular weight is 305 g/mol. The maximum Gasteiger partial charge on any atom is 0.257 e. The molecule has 2 aliphatic rings. The molecule has 0 aromatic carbocycles. The number of aromatic nitrogens is 2. The number of nitrogens with one attached hydrogen (secondary N) is 2. The highest BCUT2D eigenvalue weighted by Gasteiger charge is 2.32. The van der Waals surface area contributed by atoms with Crippen molar-refractivity contribution in [3.8, 4) is 0 Å². The summed E-state index contributed by atoms with van der Waals surface area (Å²) in [7, 11) is 3.86. The number of carbonyl (C=O) groups excluding carboxylic acids is 1. The summed E-state index contributed by atoms with van der Waals surface area (Å²) < 4.78 is 1.69. The molecule has 0 spiro atoms. The molecule has 122 valence electrons. The maximum atomic E-state index is 12.6. The molecule has 3 rings (SSSR count). The Labute approximate surface area is 132 Å². The predicted molar refractivity (Wildman–Crippen MR) is 85.5 cm³/mol. The highest BCUT2D eigenvalue weighted by Crippen LogP contribution is 2.26. The number of rotatable bonds is 3. The van der Waals surface area contributed by atoms with Crippen LogP contribution in [0.25, 0.3) is 0 Å². The molecule has 2 saturated heterocycles. The van der Waals surface area contributed by atoms with E-state index in [1.54, 1.807) is 10.9 Å². The van der Waals surface area contributed by atoms with Crippen LogP contribution in [0, 0.1) is 5.92 Å². The Hall–Kier alpha value is -1.40. The monoisotopic (exact) mass is 305 g/mol. The topological polar surface area (TPSA) is 62.2 Å². The summed E-state index contributed by atoms with van der Waals surface area (Å²) in [5.41, 5.74) is 0.702. The van der Waals surface area contributed by atoms with Gasteiger partial charge in [-0.3, -0.25) is 14.8 Å². The van der Waals surface area contributed by atoms with Crippen molar-refractivity contribution in [1.29, 1.82) is 0 Å². The molecule has 0 aliphatic carbocycles. The van der Waals surface area contributed by atoms with Gasteiger partial charge in [0.15, 0.2) is 0 Å². The zero-order chi connectivity index (χ0) is 15.5. The number of piperidine rings is 2. The lowest BCUT2D eigenvalue weighted by Crippen LogP contribution is -2.55. The highest BCUT2D eigenvalue weighted by atomic mass is 16.2. The van der Waals surface area contributed by atoms with E-state index in [2.05, 4.69) is 15.7 Å². The zero-order valence-corrected chi connectivity index (χ0v) is 13.6. The van der Waals surface area contributed by atoms with Crippen LogP contribution >= 0.6 is 0 Å². The molecule has 22 heavy (non-hydrogen) atoms. The van der Waals surface area contributed by atoms with Crippen molar-refractivity contribution in [2.75, 3.05) is 20.1 Å². The predicted octanol–water partition coefficient (Wildman–Crippen LogP) is 0.960. The van der Waals surface area contributed by atoms with Crippen LogP contribution in [0.1, 0.15) is 42.5 Å². The van der Waals surface area contributed by atoms with Crippen molar-refractivity contribution in [1.82, 2.24) is 25.3 Å². The molecule has 6 heteroatoms. The molecule has 6 nitrogen and oxygen atoms in total. The third-order valence-electron chi connectivity index (χ3n) is 5.04. The minimum Gasteiger partial charge on any atom is -0.338 e. The van der Waals surface area contributed by atoms with E-state index in [0.29, 0.717) is 23.7 Å². The summed E-state index contributed by atoms with van der Waals surface area (Å²) in [6.45, 7) is 1.73. The fourth-order valence-corrected chi connectivity index (χ4v) is 3.80. The van der Waals surface area contributed by atoms with Crippen LogP contribution < -0.4 is 10.6 Å². The number of hydrogen-bond donors (Lipinski definition) is 2. The number of amides is 1. The van der Waals surface area contributed by atoms with Gasteiger partial charge in [-0.25, -0.2) is 0 Å². The lowest BCUT2D eigenvalue weighted by molar-refractivity contribution is 0.0620. The maximum absolute atomic E-state index is 12.6. The number of hydrogen-bond acceptors (Lipinski definition) is 4. The van der Waals surface area contributed by atoms with Gasteiger partial charge in [-0.05, 0) is 45.1 Å². The van der Waals surface area contributed by atoms with Crippen molar-refractivity contribution < 1.29 is 4.79 Å². The number of carbonyl (C=O) groups is 1. The molecule has 1 aromatic rings. The quantitative estimate of drug-likeness (QED) is 0.873. The molecular formula is C16H27N5O.